The Labute approximate surface area is 148 Å². The Morgan fingerprint density at radius 3 is 2.58 bits per heavy atom. The lowest BCUT2D eigenvalue weighted by Gasteiger charge is -2.44. The van der Waals surface area contributed by atoms with Gasteiger partial charge < -0.3 is 14.2 Å². The lowest BCUT2D eigenvalue weighted by atomic mass is 9.87. The fourth-order valence-electron chi connectivity index (χ4n) is 2.45. The molecule has 2 rings (SSSR count). The van der Waals surface area contributed by atoms with E-state index in [-0.39, 0.29) is 22.7 Å². The van der Waals surface area contributed by atoms with Crippen molar-refractivity contribution in [2.45, 2.75) is 44.4 Å². The van der Waals surface area contributed by atoms with Crippen LogP contribution in [0.2, 0.25) is 0 Å². The minimum absolute atomic E-state index is 0.0969. The third-order valence-electron chi connectivity index (χ3n) is 3.68. The molecule has 24 heavy (non-hydrogen) atoms. The van der Waals surface area contributed by atoms with Crippen LogP contribution < -0.4 is 9.46 Å². The Balaban J connectivity index is 2.20. The molecule has 1 aliphatic heterocycles. The zero-order chi connectivity index (χ0) is 17.8. The van der Waals surface area contributed by atoms with Crippen molar-refractivity contribution in [2.24, 2.45) is 0 Å². The predicted molar refractivity (Wildman–Crippen MR) is 96.3 cm³/mol. The van der Waals surface area contributed by atoms with Gasteiger partial charge in [-0.05, 0) is 39.3 Å². The van der Waals surface area contributed by atoms with Crippen molar-refractivity contribution in [1.29, 1.82) is 0 Å². The monoisotopic (exact) mass is 353 g/mol. The molecule has 0 bridgehead atoms. The molecule has 0 unspecified atom stereocenters. The maximum Gasteiger partial charge on any atom is 0.310 e. The van der Waals surface area contributed by atoms with Gasteiger partial charge in [-0.2, -0.15) is 0 Å². The summed E-state index contributed by atoms with van der Waals surface area (Å²) in [6.45, 7) is 9.89. The molecule has 6 heteroatoms. The molecule has 0 saturated carbocycles. The highest BCUT2D eigenvalue weighted by Crippen LogP contribution is 2.39. The summed E-state index contributed by atoms with van der Waals surface area (Å²) < 4.78 is 19.7. The van der Waals surface area contributed by atoms with Crippen LogP contribution >= 0.6 is 11.9 Å². The van der Waals surface area contributed by atoms with E-state index in [0.29, 0.717) is 19.8 Å². The van der Waals surface area contributed by atoms with E-state index in [1.54, 1.807) is 26.0 Å². The van der Waals surface area contributed by atoms with E-state index in [4.69, 9.17) is 14.2 Å². The van der Waals surface area contributed by atoms with Crippen molar-refractivity contribution in [3.05, 3.63) is 29.3 Å². The van der Waals surface area contributed by atoms with E-state index in [2.05, 4.69) is 25.5 Å². The zero-order valence-corrected chi connectivity index (χ0v) is 15.9. The summed E-state index contributed by atoms with van der Waals surface area (Å²) in [7, 11) is 1.65. The number of benzene rings is 1. The molecule has 1 aromatic rings. The second kappa shape index (κ2) is 7.76. The van der Waals surface area contributed by atoms with Gasteiger partial charge in [0.25, 0.3) is 0 Å². The van der Waals surface area contributed by atoms with Crippen LogP contribution in [0.25, 0.3) is 0 Å². The van der Waals surface area contributed by atoms with Crippen molar-refractivity contribution >= 4 is 17.9 Å². The van der Waals surface area contributed by atoms with Gasteiger partial charge in [-0.3, -0.25) is 4.79 Å². The molecule has 5 nitrogen and oxygen atoms in total. The molecule has 1 fully saturated rings. The van der Waals surface area contributed by atoms with Crippen molar-refractivity contribution in [1.82, 2.24) is 4.72 Å². The average Bonchev–Trinajstić information content (AvgIpc) is 2.46. The summed E-state index contributed by atoms with van der Waals surface area (Å²) in [5, 5.41) is 0. The maximum atomic E-state index is 11.7. The van der Waals surface area contributed by atoms with E-state index in [9.17, 15) is 4.79 Å². The number of carbonyl (C=O) groups excluding carboxylic acids is 1. The van der Waals surface area contributed by atoms with Crippen molar-refractivity contribution in [3.8, 4) is 5.75 Å². The second-order valence-electron chi connectivity index (χ2n) is 6.91. The number of nitrogens with one attached hydrogen (secondary N) is 1. The predicted octanol–water partition coefficient (Wildman–Crippen LogP) is 3.06. The Morgan fingerprint density at radius 2 is 2.08 bits per heavy atom. The Morgan fingerprint density at radius 1 is 1.38 bits per heavy atom. The number of hydrogen-bond donors (Lipinski definition) is 1. The molecule has 1 aliphatic rings. The molecular formula is C18H27NO4S. The highest BCUT2D eigenvalue weighted by molar-refractivity contribution is 7.98. The molecule has 0 atom stereocenters. The molecular weight excluding hydrogens is 326 g/mol. The number of esters is 1. The summed E-state index contributed by atoms with van der Waals surface area (Å²) >= 11 is 1.69. The van der Waals surface area contributed by atoms with Crippen molar-refractivity contribution < 1.29 is 19.0 Å². The lowest BCUT2D eigenvalue weighted by Crippen LogP contribution is -2.56. The van der Waals surface area contributed by atoms with Crippen LogP contribution in [0.4, 0.5) is 0 Å². The Hall–Kier alpha value is -1.24. The molecule has 0 aliphatic carbocycles. The first-order chi connectivity index (χ1) is 11.3. The van der Waals surface area contributed by atoms with Gasteiger partial charge in [0.05, 0.1) is 33.4 Å². The molecule has 0 spiro atoms. The quantitative estimate of drug-likeness (QED) is 0.601. The van der Waals surface area contributed by atoms with Gasteiger partial charge in [-0.1, -0.05) is 24.1 Å². The maximum absolute atomic E-state index is 11.7. The first kappa shape index (κ1) is 19.1. The number of methoxy groups -OCH3 is 1. The lowest BCUT2D eigenvalue weighted by molar-refractivity contribution is -0.142. The highest BCUT2D eigenvalue weighted by Gasteiger charge is 2.43. The normalized spacial score (nSPS) is 16.4. The van der Waals surface area contributed by atoms with E-state index in [1.807, 2.05) is 18.2 Å². The van der Waals surface area contributed by atoms with Crippen LogP contribution in [0.1, 0.15) is 38.8 Å². The number of ether oxygens (including phenoxy) is 3. The molecule has 0 amide bonds. The van der Waals surface area contributed by atoms with E-state index < -0.39 is 0 Å². The molecule has 134 valence electrons. The van der Waals surface area contributed by atoms with Crippen LogP contribution in [0.5, 0.6) is 5.75 Å². The van der Waals surface area contributed by atoms with E-state index >= 15 is 0 Å². The molecule has 1 saturated heterocycles. The molecule has 0 radical (unpaired) electrons. The number of hydrogen-bond acceptors (Lipinski definition) is 6. The number of rotatable bonds is 7. The largest absolute Gasteiger partial charge is 0.496 e. The van der Waals surface area contributed by atoms with Crippen molar-refractivity contribution in [2.75, 3.05) is 26.9 Å². The zero-order valence-electron chi connectivity index (χ0n) is 15.1. The van der Waals surface area contributed by atoms with Crippen molar-refractivity contribution in [3.63, 3.8) is 0 Å². The van der Waals surface area contributed by atoms with Crippen LogP contribution in [0.15, 0.2) is 18.2 Å². The summed E-state index contributed by atoms with van der Waals surface area (Å²) in [5.41, 5.74) is 1.68. The summed E-state index contributed by atoms with van der Waals surface area (Å²) in [6.07, 6.45) is 0.248. The van der Waals surface area contributed by atoms with Gasteiger partial charge in [0.1, 0.15) is 11.3 Å². The molecule has 0 aromatic heterocycles. The summed E-state index contributed by atoms with van der Waals surface area (Å²) in [5.74, 6) is 0.539. The van der Waals surface area contributed by atoms with Crippen LogP contribution in [0.3, 0.4) is 0 Å². The summed E-state index contributed by atoms with van der Waals surface area (Å²) in [4.78, 5) is 11.7. The van der Waals surface area contributed by atoms with Crippen LogP contribution in [-0.4, -0.2) is 37.6 Å². The summed E-state index contributed by atoms with van der Waals surface area (Å²) in [6, 6.07) is 5.89. The number of carbonyl (C=O) groups is 1. The van der Waals surface area contributed by atoms with Gasteiger partial charge in [-0.15, -0.1) is 0 Å². The average molecular weight is 353 g/mol. The first-order valence-electron chi connectivity index (χ1n) is 8.15. The third-order valence-corrected chi connectivity index (χ3v) is 4.79. The van der Waals surface area contributed by atoms with Gasteiger partial charge in [0.15, 0.2) is 0 Å². The molecule has 1 aromatic carbocycles. The second-order valence-corrected chi connectivity index (χ2v) is 8.54. The topological polar surface area (TPSA) is 56.8 Å². The first-order valence-corrected chi connectivity index (χ1v) is 8.97. The Kier molecular flexibility index (Phi) is 6.17. The van der Waals surface area contributed by atoms with Gasteiger partial charge >= 0.3 is 5.97 Å². The minimum atomic E-state index is -0.258. The minimum Gasteiger partial charge on any atom is -0.496 e. The van der Waals surface area contributed by atoms with Gasteiger partial charge in [-0.25, -0.2) is 4.72 Å². The Bertz CT molecular complexity index is 579. The standard InChI is InChI=1S/C18H27NO4S/c1-6-23-16(20)10-13-7-8-14(15(9-13)21-5)18(11-22-12-18)19-24-17(2,3)4/h7-9,19H,6,10-12H2,1-5H3. The van der Waals surface area contributed by atoms with Gasteiger partial charge in [0.2, 0.25) is 0 Å². The molecule has 1 heterocycles. The fraction of sp³-hybridized carbons (Fsp3) is 0.611. The van der Waals surface area contributed by atoms with E-state index in [1.165, 1.54) is 0 Å². The third kappa shape index (κ3) is 4.65. The van der Waals surface area contributed by atoms with Crippen LogP contribution in [0, 0.1) is 0 Å². The smallest absolute Gasteiger partial charge is 0.310 e. The van der Waals surface area contributed by atoms with Crippen LogP contribution in [-0.2, 0) is 26.2 Å². The fourth-order valence-corrected chi connectivity index (χ4v) is 3.18. The SMILES string of the molecule is CCOC(=O)Cc1ccc(C2(NSC(C)(C)C)COC2)c(OC)c1. The molecule has 1 N–H and O–H groups in total. The van der Waals surface area contributed by atoms with E-state index in [0.717, 1.165) is 16.9 Å². The highest BCUT2D eigenvalue weighted by atomic mass is 32.2. The van der Waals surface area contributed by atoms with Gasteiger partial charge in [0, 0.05) is 10.3 Å².